The van der Waals surface area contributed by atoms with Crippen LogP contribution in [0.5, 0.6) is 0 Å². The topological polar surface area (TPSA) is 55.5 Å². The molecule has 1 atom stereocenters. The Kier molecular flexibility index (Phi) is 22.8. The van der Waals surface area contributed by atoms with E-state index >= 15 is 0 Å². The maximum atomic E-state index is 8.73. The van der Waals surface area contributed by atoms with Gasteiger partial charge >= 0.3 is 0 Å². The standard InChI is InChI=1S/C23H49NO2/c1-2-26-23(20-18-21-24)19-16-14-12-10-8-6-4-3-5-7-9-11-13-15-17-22-25/h23,25H,2-22,24H2,1H3. The Morgan fingerprint density at radius 1 is 0.615 bits per heavy atom. The Labute approximate surface area is 164 Å². The summed E-state index contributed by atoms with van der Waals surface area (Å²) in [7, 11) is 0. The molecule has 158 valence electrons. The van der Waals surface area contributed by atoms with Crippen molar-refractivity contribution in [1.29, 1.82) is 0 Å². The molecule has 0 amide bonds. The first-order valence-electron chi connectivity index (χ1n) is 11.8. The van der Waals surface area contributed by atoms with E-state index in [1.807, 2.05) is 0 Å². The van der Waals surface area contributed by atoms with E-state index < -0.39 is 0 Å². The highest BCUT2D eigenvalue weighted by Gasteiger charge is 2.07. The van der Waals surface area contributed by atoms with Gasteiger partial charge in [0.1, 0.15) is 0 Å². The zero-order chi connectivity index (χ0) is 19.1. The molecule has 1 unspecified atom stereocenters. The fourth-order valence-corrected chi connectivity index (χ4v) is 3.67. The van der Waals surface area contributed by atoms with Crippen LogP contribution in [0.2, 0.25) is 0 Å². The molecule has 0 fully saturated rings. The van der Waals surface area contributed by atoms with Gasteiger partial charge < -0.3 is 15.6 Å². The summed E-state index contributed by atoms with van der Waals surface area (Å²) in [6.45, 7) is 4.07. The Hall–Kier alpha value is -0.120. The predicted molar refractivity (Wildman–Crippen MR) is 115 cm³/mol. The minimum absolute atomic E-state index is 0.364. The van der Waals surface area contributed by atoms with E-state index in [-0.39, 0.29) is 0 Å². The number of hydrogen-bond donors (Lipinski definition) is 2. The maximum absolute atomic E-state index is 8.73. The summed E-state index contributed by atoms with van der Waals surface area (Å²) < 4.78 is 5.80. The van der Waals surface area contributed by atoms with Crippen molar-refractivity contribution in [2.24, 2.45) is 5.73 Å². The Morgan fingerprint density at radius 2 is 1.00 bits per heavy atom. The lowest BCUT2D eigenvalue weighted by atomic mass is 10.0. The second-order valence-electron chi connectivity index (χ2n) is 7.82. The van der Waals surface area contributed by atoms with Gasteiger partial charge in [-0.25, -0.2) is 0 Å². The van der Waals surface area contributed by atoms with Crippen LogP contribution < -0.4 is 5.73 Å². The van der Waals surface area contributed by atoms with Crippen LogP contribution in [-0.4, -0.2) is 31.0 Å². The molecule has 0 aliphatic heterocycles. The summed E-state index contributed by atoms with van der Waals surface area (Å²) >= 11 is 0. The van der Waals surface area contributed by atoms with E-state index in [1.165, 1.54) is 96.3 Å². The molecule has 0 rings (SSSR count). The molecule has 0 saturated heterocycles. The van der Waals surface area contributed by atoms with Crippen molar-refractivity contribution in [3.05, 3.63) is 0 Å². The second kappa shape index (κ2) is 22.9. The van der Waals surface area contributed by atoms with Crippen molar-refractivity contribution in [3.63, 3.8) is 0 Å². The Morgan fingerprint density at radius 3 is 1.38 bits per heavy atom. The van der Waals surface area contributed by atoms with Gasteiger partial charge in [-0.15, -0.1) is 0 Å². The van der Waals surface area contributed by atoms with Gasteiger partial charge in [0, 0.05) is 13.2 Å². The largest absolute Gasteiger partial charge is 0.396 e. The normalized spacial score (nSPS) is 12.6. The third kappa shape index (κ3) is 20.2. The highest BCUT2D eigenvalue weighted by atomic mass is 16.5. The molecule has 0 bridgehead atoms. The third-order valence-electron chi connectivity index (χ3n) is 5.32. The van der Waals surface area contributed by atoms with Crippen LogP contribution in [0.4, 0.5) is 0 Å². The third-order valence-corrected chi connectivity index (χ3v) is 5.32. The zero-order valence-electron chi connectivity index (χ0n) is 17.9. The Bertz CT molecular complexity index is 248. The highest BCUT2D eigenvalue weighted by molar-refractivity contribution is 4.60. The van der Waals surface area contributed by atoms with Gasteiger partial charge in [-0.3, -0.25) is 0 Å². The monoisotopic (exact) mass is 371 g/mol. The highest BCUT2D eigenvalue weighted by Crippen LogP contribution is 2.15. The molecule has 0 radical (unpaired) electrons. The lowest BCUT2D eigenvalue weighted by Crippen LogP contribution is -2.15. The number of rotatable bonds is 22. The van der Waals surface area contributed by atoms with E-state index in [0.717, 1.165) is 32.4 Å². The summed E-state index contributed by atoms with van der Waals surface area (Å²) in [6, 6.07) is 0. The average molecular weight is 372 g/mol. The van der Waals surface area contributed by atoms with Crippen molar-refractivity contribution in [1.82, 2.24) is 0 Å². The minimum Gasteiger partial charge on any atom is -0.396 e. The molecule has 26 heavy (non-hydrogen) atoms. The van der Waals surface area contributed by atoms with Gasteiger partial charge in [0.05, 0.1) is 6.10 Å². The van der Waals surface area contributed by atoms with E-state index in [2.05, 4.69) is 6.92 Å². The zero-order valence-corrected chi connectivity index (χ0v) is 17.9. The van der Waals surface area contributed by atoms with Crippen molar-refractivity contribution < 1.29 is 9.84 Å². The predicted octanol–water partition coefficient (Wildman–Crippen LogP) is 6.36. The molecule has 3 heteroatoms. The quantitative estimate of drug-likeness (QED) is 0.218. The van der Waals surface area contributed by atoms with Gasteiger partial charge in [-0.2, -0.15) is 0 Å². The minimum atomic E-state index is 0.364. The van der Waals surface area contributed by atoms with Crippen molar-refractivity contribution in [3.8, 4) is 0 Å². The van der Waals surface area contributed by atoms with Crippen LogP contribution in [-0.2, 0) is 4.74 Å². The molecule has 0 aromatic heterocycles. The Balaban J connectivity index is 3.18. The summed E-state index contributed by atoms with van der Waals surface area (Å²) in [5.74, 6) is 0. The van der Waals surface area contributed by atoms with E-state index in [0.29, 0.717) is 12.7 Å². The van der Waals surface area contributed by atoms with Gasteiger partial charge in [0.15, 0.2) is 0 Å². The van der Waals surface area contributed by atoms with Crippen LogP contribution in [0.25, 0.3) is 0 Å². The van der Waals surface area contributed by atoms with Crippen LogP contribution >= 0.6 is 0 Å². The molecule has 3 nitrogen and oxygen atoms in total. The van der Waals surface area contributed by atoms with E-state index in [1.54, 1.807) is 0 Å². The molecule has 0 aromatic carbocycles. The number of unbranched alkanes of at least 4 members (excludes halogenated alkanes) is 14. The first-order chi connectivity index (χ1) is 12.8. The molecular formula is C23H49NO2. The van der Waals surface area contributed by atoms with Crippen molar-refractivity contribution >= 4 is 0 Å². The molecule has 0 saturated carbocycles. The molecule has 3 N–H and O–H groups in total. The fraction of sp³-hybridized carbons (Fsp3) is 1.00. The fourth-order valence-electron chi connectivity index (χ4n) is 3.67. The maximum Gasteiger partial charge on any atom is 0.0575 e. The van der Waals surface area contributed by atoms with Gasteiger partial charge in [0.2, 0.25) is 0 Å². The summed E-state index contributed by atoms with van der Waals surface area (Å²) in [5.41, 5.74) is 5.60. The van der Waals surface area contributed by atoms with Crippen LogP contribution in [0, 0.1) is 0 Å². The van der Waals surface area contributed by atoms with Crippen LogP contribution in [0.15, 0.2) is 0 Å². The van der Waals surface area contributed by atoms with E-state index in [4.69, 9.17) is 15.6 Å². The van der Waals surface area contributed by atoms with E-state index in [9.17, 15) is 0 Å². The van der Waals surface area contributed by atoms with Crippen LogP contribution in [0.1, 0.15) is 122 Å². The van der Waals surface area contributed by atoms with Gasteiger partial charge in [0.25, 0.3) is 0 Å². The molecule has 0 aromatic rings. The van der Waals surface area contributed by atoms with Crippen molar-refractivity contribution in [2.45, 2.75) is 129 Å². The average Bonchev–Trinajstić information content (AvgIpc) is 2.65. The lowest BCUT2D eigenvalue weighted by molar-refractivity contribution is 0.0479. The number of ether oxygens (including phenoxy) is 1. The summed E-state index contributed by atoms with van der Waals surface area (Å²) in [5, 5.41) is 8.73. The van der Waals surface area contributed by atoms with Crippen molar-refractivity contribution in [2.75, 3.05) is 19.8 Å². The summed E-state index contributed by atoms with van der Waals surface area (Å²) in [6.07, 6.45) is 24.1. The SMILES string of the molecule is CCOC(CCCN)CCCCCCCCCCCCCCCCCO. The smallest absolute Gasteiger partial charge is 0.0575 e. The van der Waals surface area contributed by atoms with Crippen LogP contribution in [0.3, 0.4) is 0 Å². The van der Waals surface area contributed by atoms with Gasteiger partial charge in [-0.1, -0.05) is 89.9 Å². The number of aliphatic hydroxyl groups is 1. The lowest BCUT2D eigenvalue weighted by Gasteiger charge is -2.16. The number of aliphatic hydroxyl groups excluding tert-OH is 1. The number of nitrogens with two attached hydrogens (primary N) is 1. The molecule has 0 spiro atoms. The molecule has 0 aliphatic rings. The molecule has 0 aliphatic carbocycles. The molecular weight excluding hydrogens is 322 g/mol. The first-order valence-corrected chi connectivity index (χ1v) is 11.8. The number of hydrogen-bond acceptors (Lipinski definition) is 3. The summed E-state index contributed by atoms with van der Waals surface area (Å²) in [4.78, 5) is 0. The molecule has 0 heterocycles. The first kappa shape index (κ1) is 25.9. The van der Waals surface area contributed by atoms with Gasteiger partial charge in [-0.05, 0) is 39.2 Å². The second-order valence-corrected chi connectivity index (χ2v) is 7.82.